The van der Waals surface area contributed by atoms with Crippen molar-refractivity contribution in [3.05, 3.63) is 41.4 Å². The summed E-state index contributed by atoms with van der Waals surface area (Å²) in [6.45, 7) is 5.78. The molecule has 1 amide bonds. The SMILES string of the molecule is CNC(=O)O[C@@H](C)CNc1nccc(-c2cn(C(C)C)nc2-c2cc(Cl)cc(NS(C)(=O)=O)c2F)n1. The van der Waals surface area contributed by atoms with E-state index in [2.05, 4.69) is 30.4 Å². The van der Waals surface area contributed by atoms with Gasteiger partial charge in [-0.3, -0.25) is 9.40 Å². The number of aromatic nitrogens is 4. The van der Waals surface area contributed by atoms with E-state index in [1.807, 2.05) is 13.8 Å². The van der Waals surface area contributed by atoms with Crippen LogP contribution in [0.25, 0.3) is 22.5 Å². The Morgan fingerprint density at radius 2 is 1.97 bits per heavy atom. The number of amides is 1. The second kappa shape index (κ2) is 11.1. The molecule has 0 saturated carbocycles. The van der Waals surface area contributed by atoms with Crippen LogP contribution >= 0.6 is 11.6 Å². The molecule has 3 rings (SSSR count). The highest BCUT2D eigenvalue weighted by Crippen LogP contribution is 2.37. The minimum atomic E-state index is -3.75. The van der Waals surface area contributed by atoms with Gasteiger partial charge in [0.2, 0.25) is 16.0 Å². The average molecular weight is 540 g/mol. The van der Waals surface area contributed by atoms with E-state index >= 15 is 4.39 Å². The first-order valence-corrected chi connectivity index (χ1v) is 13.2. The topological polar surface area (TPSA) is 140 Å². The van der Waals surface area contributed by atoms with E-state index in [1.54, 1.807) is 23.9 Å². The summed E-state index contributed by atoms with van der Waals surface area (Å²) in [4.78, 5) is 20.1. The minimum Gasteiger partial charge on any atom is -0.445 e. The van der Waals surface area contributed by atoms with Crippen molar-refractivity contribution in [3.63, 3.8) is 0 Å². The lowest BCUT2D eigenvalue weighted by molar-refractivity contribution is 0.114. The van der Waals surface area contributed by atoms with Crippen molar-refractivity contribution >= 4 is 39.4 Å². The number of halogens is 2. The molecule has 0 radical (unpaired) electrons. The molecule has 0 bridgehead atoms. The van der Waals surface area contributed by atoms with Crippen LogP contribution in [0.4, 0.5) is 20.8 Å². The largest absolute Gasteiger partial charge is 0.445 e. The Morgan fingerprint density at radius 3 is 2.61 bits per heavy atom. The molecule has 1 aromatic carbocycles. The molecule has 36 heavy (non-hydrogen) atoms. The van der Waals surface area contributed by atoms with Crippen molar-refractivity contribution in [1.82, 2.24) is 25.1 Å². The molecule has 11 nitrogen and oxygen atoms in total. The van der Waals surface area contributed by atoms with Crippen molar-refractivity contribution in [2.45, 2.75) is 32.9 Å². The van der Waals surface area contributed by atoms with E-state index in [-0.39, 0.29) is 40.5 Å². The molecule has 14 heteroatoms. The van der Waals surface area contributed by atoms with Crippen LogP contribution in [0, 0.1) is 5.82 Å². The number of hydrogen-bond acceptors (Lipinski definition) is 8. The monoisotopic (exact) mass is 539 g/mol. The summed E-state index contributed by atoms with van der Waals surface area (Å²) < 4.78 is 47.8. The zero-order valence-corrected chi connectivity index (χ0v) is 21.9. The Labute approximate surface area is 213 Å². The molecule has 0 saturated heterocycles. The molecule has 0 unspecified atom stereocenters. The smallest absolute Gasteiger partial charge is 0.407 e. The van der Waals surface area contributed by atoms with Gasteiger partial charge in [0, 0.05) is 41.6 Å². The highest BCUT2D eigenvalue weighted by atomic mass is 35.5. The van der Waals surface area contributed by atoms with Crippen molar-refractivity contribution in [2.75, 3.05) is 29.9 Å². The number of hydrogen-bond donors (Lipinski definition) is 3. The maximum absolute atomic E-state index is 15.5. The fraction of sp³-hybridized carbons (Fsp3) is 0.364. The van der Waals surface area contributed by atoms with Gasteiger partial charge in [0.15, 0.2) is 5.82 Å². The number of anilines is 2. The van der Waals surface area contributed by atoms with Crippen molar-refractivity contribution in [1.29, 1.82) is 0 Å². The first-order chi connectivity index (χ1) is 16.9. The maximum atomic E-state index is 15.5. The quantitative estimate of drug-likeness (QED) is 0.372. The van der Waals surface area contributed by atoms with Gasteiger partial charge in [0.05, 0.1) is 24.2 Å². The van der Waals surface area contributed by atoms with E-state index in [9.17, 15) is 13.2 Å². The zero-order chi connectivity index (χ0) is 26.6. The summed E-state index contributed by atoms with van der Waals surface area (Å²) in [5, 5.41) is 10.0. The normalized spacial score (nSPS) is 12.3. The lowest BCUT2D eigenvalue weighted by Gasteiger charge is -2.14. The molecule has 0 aliphatic heterocycles. The van der Waals surface area contributed by atoms with E-state index in [0.29, 0.717) is 11.3 Å². The first kappa shape index (κ1) is 27.1. The van der Waals surface area contributed by atoms with Gasteiger partial charge >= 0.3 is 6.09 Å². The Balaban J connectivity index is 2.03. The van der Waals surface area contributed by atoms with E-state index in [1.165, 1.54) is 25.4 Å². The molecule has 3 N–H and O–H groups in total. The number of sulfonamides is 1. The van der Waals surface area contributed by atoms with Gasteiger partial charge in [-0.05, 0) is 39.0 Å². The third-order valence-electron chi connectivity index (χ3n) is 4.84. The number of alkyl carbamates (subject to hydrolysis) is 1. The molecule has 1 atom stereocenters. The van der Waals surface area contributed by atoms with Gasteiger partial charge in [0.1, 0.15) is 11.8 Å². The third kappa shape index (κ3) is 6.82. The fourth-order valence-electron chi connectivity index (χ4n) is 3.19. The van der Waals surface area contributed by atoms with E-state index < -0.39 is 28.0 Å². The minimum absolute atomic E-state index is 0.00349. The molecule has 0 aliphatic rings. The molecule has 3 aromatic rings. The number of ether oxygens (including phenoxy) is 1. The predicted octanol–water partition coefficient (Wildman–Crippen LogP) is 3.91. The lowest BCUT2D eigenvalue weighted by atomic mass is 10.0. The summed E-state index contributed by atoms with van der Waals surface area (Å²) >= 11 is 6.20. The van der Waals surface area contributed by atoms with Crippen LogP contribution in [0.2, 0.25) is 5.02 Å². The number of carbonyl (C=O) groups is 1. The van der Waals surface area contributed by atoms with Crippen LogP contribution in [0.3, 0.4) is 0 Å². The van der Waals surface area contributed by atoms with Crippen LogP contribution < -0.4 is 15.4 Å². The lowest BCUT2D eigenvalue weighted by Crippen LogP contribution is -2.29. The number of benzene rings is 1. The van der Waals surface area contributed by atoms with Crippen LogP contribution in [0.5, 0.6) is 0 Å². The molecular formula is C22H27ClFN7O4S. The summed E-state index contributed by atoms with van der Waals surface area (Å²) in [7, 11) is -2.29. The zero-order valence-electron chi connectivity index (χ0n) is 20.3. The third-order valence-corrected chi connectivity index (χ3v) is 5.65. The Kier molecular flexibility index (Phi) is 8.35. The van der Waals surface area contributed by atoms with E-state index in [4.69, 9.17) is 16.3 Å². The number of rotatable bonds is 9. The molecule has 2 aromatic heterocycles. The Morgan fingerprint density at radius 1 is 1.25 bits per heavy atom. The van der Waals surface area contributed by atoms with Crippen molar-refractivity contribution in [3.8, 4) is 22.5 Å². The maximum Gasteiger partial charge on any atom is 0.407 e. The first-order valence-electron chi connectivity index (χ1n) is 10.9. The summed E-state index contributed by atoms with van der Waals surface area (Å²) in [5.41, 5.74) is 0.853. The standard InChI is InChI=1S/C22H27ClFN7O4S/c1-12(2)31-11-16(17-6-7-26-21(28-17)27-10-13(3)35-22(32)25-4)20(29-31)15-8-14(23)9-18(19(15)24)30-36(5,33)34/h6-9,11-13,30H,10H2,1-5H3,(H,25,32)(H,26,27,28)/t13-/m0/s1. The number of carbonyl (C=O) groups excluding carboxylic acids is 1. The molecular weight excluding hydrogens is 513 g/mol. The van der Waals surface area contributed by atoms with Gasteiger partial charge in [-0.25, -0.2) is 27.6 Å². The number of nitrogens with one attached hydrogen (secondary N) is 3. The second-order valence-electron chi connectivity index (χ2n) is 8.27. The Hall–Kier alpha value is -3.45. The Bertz CT molecular complexity index is 1360. The van der Waals surface area contributed by atoms with Gasteiger partial charge in [-0.15, -0.1) is 0 Å². The van der Waals surface area contributed by atoms with Gasteiger partial charge in [0.25, 0.3) is 0 Å². The molecule has 194 valence electrons. The van der Waals surface area contributed by atoms with Gasteiger partial charge in [-0.2, -0.15) is 5.10 Å². The summed E-state index contributed by atoms with van der Waals surface area (Å²) in [6, 6.07) is 4.14. The van der Waals surface area contributed by atoms with Gasteiger partial charge in [-0.1, -0.05) is 11.6 Å². The molecule has 0 spiro atoms. The summed E-state index contributed by atoms with van der Waals surface area (Å²) in [5.74, 6) is -0.568. The molecule has 0 aliphatic carbocycles. The van der Waals surface area contributed by atoms with Crippen LogP contribution in [0.1, 0.15) is 26.8 Å². The average Bonchev–Trinajstić information content (AvgIpc) is 3.25. The van der Waals surface area contributed by atoms with Crippen LogP contribution in [0.15, 0.2) is 30.6 Å². The highest BCUT2D eigenvalue weighted by Gasteiger charge is 2.22. The summed E-state index contributed by atoms with van der Waals surface area (Å²) in [6.07, 6.45) is 3.14. The predicted molar refractivity (Wildman–Crippen MR) is 136 cm³/mol. The fourth-order valence-corrected chi connectivity index (χ4v) is 3.96. The van der Waals surface area contributed by atoms with Crippen LogP contribution in [-0.2, 0) is 14.8 Å². The molecule has 0 fully saturated rings. The van der Waals surface area contributed by atoms with E-state index in [0.717, 1.165) is 6.26 Å². The van der Waals surface area contributed by atoms with Crippen molar-refractivity contribution in [2.24, 2.45) is 0 Å². The number of nitrogens with zero attached hydrogens (tertiary/aromatic N) is 4. The molecule has 2 heterocycles. The highest BCUT2D eigenvalue weighted by molar-refractivity contribution is 7.92. The van der Waals surface area contributed by atoms with Crippen LogP contribution in [-0.4, -0.2) is 60.2 Å². The second-order valence-corrected chi connectivity index (χ2v) is 10.5. The van der Waals surface area contributed by atoms with Crippen molar-refractivity contribution < 1.29 is 22.3 Å². The van der Waals surface area contributed by atoms with Gasteiger partial charge < -0.3 is 15.4 Å².